The number of unbranched alkanes of at least 4 members (excludes halogenated alkanes) is 1. The Morgan fingerprint density at radius 1 is 1.50 bits per heavy atom. The SMILES string of the molecule is C=COCCCC[SiH3]. The van der Waals surface area contributed by atoms with Crippen LogP contribution in [0.15, 0.2) is 12.8 Å². The van der Waals surface area contributed by atoms with Gasteiger partial charge in [0.1, 0.15) is 0 Å². The van der Waals surface area contributed by atoms with Gasteiger partial charge in [-0.3, -0.25) is 0 Å². The van der Waals surface area contributed by atoms with Crippen LogP contribution in [0.5, 0.6) is 0 Å². The summed E-state index contributed by atoms with van der Waals surface area (Å²) in [7, 11) is 1.33. The van der Waals surface area contributed by atoms with Gasteiger partial charge in [0, 0.05) is 10.2 Å². The summed E-state index contributed by atoms with van der Waals surface area (Å²) in [5.74, 6) is 0. The molecule has 0 unspecified atom stereocenters. The minimum Gasteiger partial charge on any atom is -0.502 e. The Kier molecular flexibility index (Phi) is 6.55. The topological polar surface area (TPSA) is 9.23 Å². The van der Waals surface area contributed by atoms with Crippen LogP contribution in [0.4, 0.5) is 0 Å². The maximum Gasteiger partial charge on any atom is 0.0872 e. The molecule has 2 heteroatoms. The zero-order chi connectivity index (χ0) is 6.24. The molecule has 1 nitrogen and oxygen atoms in total. The van der Waals surface area contributed by atoms with Gasteiger partial charge in [-0.2, -0.15) is 0 Å². The van der Waals surface area contributed by atoms with Crippen LogP contribution in [-0.2, 0) is 4.74 Å². The van der Waals surface area contributed by atoms with Crippen LogP contribution in [0.2, 0.25) is 6.04 Å². The van der Waals surface area contributed by atoms with Gasteiger partial charge in [0.25, 0.3) is 0 Å². The van der Waals surface area contributed by atoms with Crippen LogP contribution in [0, 0.1) is 0 Å². The molecule has 0 rings (SSSR count). The number of hydrogen-bond donors (Lipinski definition) is 0. The summed E-state index contributed by atoms with van der Waals surface area (Å²) in [6.45, 7) is 4.30. The maximum atomic E-state index is 4.91. The average molecular weight is 130 g/mol. The summed E-state index contributed by atoms with van der Waals surface area (Å²) in [5, 5.41) is 0. The molecule has 0 amide bonds. The molecule has 0 fully saturated rings. The Morgan fingerprint density at radius 2 is 2.25 bits per heavy atom. The third-order valence-electron chi connectivity index (χ3n) is 0.984. The lowest BCUT2D eigenvalue weighted by Gasteiger charge is -1.96. The number of hydrogen-bond acceptors (Lipinski definition) is 1. The summed E-state index contributed by atoms with van der Waals surface area (Å²) in [6, 6.07) is 1.39. The molecule has 0 heterocycles. The largest absolute Gasteiger partial charge is 0.502 e. The van der Waals surface area contributed by atoms with Crippen molar-refractivity contribution in [2.24, 2.45) is 0 Å². The van der Waals surface area contributed by atoms with Crippen LogP contribution in [0.1, 0.15) is 12.8 Å². The smallest absolute Gasteiger partial charge is 0.0872 e. The molecule has 0 radical (unpaired) electrons. The second-order valence-electron chi connectivity index (χ2n) is 1.74. The molecule has 0 aliphatic heterocycles. The summed E-state index contributed by atoms with van der Waals surface area (Å²) >= 11 is 0. The standard InChI is InChI=1S/C6H14OSi/c1-2-7-5-3-4-6-8/h2H,1,3-6H2,8H3. The van der Waals surface area contributed by atoms with Crippen molar-refractivity contribution in [1.82, 2.24) is 0 Å². The molecule has 0 N–H and O–H groups in total. The lowest BCUT2D eigenvalue weighted by molar-refractivity contribution is 0.245. The highest BCUT2D eigenvalue weighted by Crippen LogP contribution is 1.92. The van der Waals surface area contributed by atoms with E-state index in [9.17, 15) is 0 Å². The highest BCUT2D eigenvalue weighted by atomic mass is 28.1. The Morgan fingerprint density at radius 3 is 2.75 bits per heavy atom. The van der Waals surface area contributed by atoms with Crippen molar-refractivity contribution in [3.8, 4) is 0 Å². The van der Waals surface area contributed by atoms with Crippen LogP contribution < -0.4 is 0 Å². The van der Waals surface area contributed by atoms with Crippen LogP contribution >= 0.6 is 0 Å². The van der Waals surface area contributed by atoms with Gasteiger partial charge in [0.15, 0.2) is 0 Å². The molecule has 0 saturated heterocycles. The lowest BCUT2D eigenvalue weighted by Crippen LogP contribution is -1.85. The maximum absolute atomic E-state index is 4.91. The first kappa shape index (κ1) is 7.76. The Balaban J connectivity index is 2.62. The minimum atomic E-state index is 0.853. The summed E-state index contributed by atoms with van der Waals surface area (Å²) in [4.78, 5) is 0. The van der Waals surface area contributed by atoms with Crippen molar-refractivity contribution in [3.05, 3.63) is 12.8 Å². The van der Waals surface area contributed by atoms with Gasteiger partial charge >= 0.3 is 0 Å². The third kappa shape index (κ3) is 5.76. The fraction of sp³-hybridized carbons (Fsp3) is 0.667. The normalized spacial score (nSPS) is 9.00. The molecule has 8 heavy (non-hydrogen) atoms. The minimum absolute atomic E-state index is 0.853. The molecule has 0 aliphatic carbocycles. The van der Waals surface area contributed by atoms with E-state index in [1.165, 1.54) is 35.4 Å². The van der Waals surface area contributed by atoms with E-state index in [4.69, 9.17) is 4.74 Å². The van der Waals surface area contributed by atoms with Gasteiger partial charge in [0.05, 0.1) is 12.9 Å². The Labute approximate surface area is 54.2 Å². The van der Waals surface area contributed by atoms with Gasteiger partial charge < -0.3 is 4.74 Å². The van der Waals surface area contributed by atoms with Gasteiger partial charge in [0.2, 0.25) is 0 Å². The quantitative estimate of drug-likeness (QED) is 0.302. The van der Waals surface area contributed by atoms with Crippen molar-refractivity contribution in [1.29, 1.82) is 0 Å². The summed E-state index contributed by atoms with van der Waals surface area (Å²) < 4.78 is 4.91. The van der Waals surface area contributed by atoms with Crippen molar-refractivity contribution >= 4 is 10.2 Å². The first-order valence-electron chi connectivity index (χ1n) is 3.14. The van der Waals surface area contributed by atoms with E-state index in [0.717, 1.165) is 6.61 Å². The molecule has 0 aromatic carbocycles. The highest BCUT2D eigenvalue weighted by molar-refractivity contribution is 6.08. The van der Waals surface area contributed by atoms with Gasteiger partial charge in [-0.15, -0.1) is 0 Å². The van der Waals surface area contributed by atoms with Gasteiger partial charge in [-0.05, 0) is 6.42 Å². The molecule has 0 aromatic heterocycles. The summed E-state index contributed by atoms with van der Waals surface area (Å²) in [5.41, 5.74) is 0. The first-order chi connectivity index (χ1) is 3.91. The summed E-state index contributed by atoms with van der Waals surface area (Å²) in [6.07, 6.45) is 4.02. The number of rotatable bonds is 5. The molecule has 0 atom stereocenters. The molecule has 0 aliphatic rings. The average Bonchev–Trinajstić information content (AvgIpc) is 1.81. The molecule has 0 aromatic rings. The van der Waals surface area contributed by atoms with E-state index >= 15 is 0 Å². The fourth-order valence-electron chi connectivity index (χ4n) is 0.519. The lowest BCUT2D eigenvalue weighted by atomic mass is 10.4. The van der Waals surface area contributed by atoms with Crippen LogP contribution in [0.25, 0.3) is 0 Å². The van der Waals surface area contributed by atoms with E-state index in [0.29, 0.717) is 0 Å². The third-order valence-corrected chi connectivity index (χ3v) is 1.69. The van der Waals surface area contributed by atoms with E-state index in [2.05, 4.69) is 6.58 Å². The number of ether oxygens (including phenoxy) is 1. The van der Waals surface area contributed by atoms with E-state index < -0.39 is 0 Å². The van der Waals surface area contributed by atoms with Crippen LogP contribution in [-0.4, -0.2) is 16.8 Å². The van der Waals surface area contributed by atoms with E-state index in [-0.39, 0.29) is 0 Å². The van der Waals surface area contributed by atoms with Crippen molar-refractivity contribution in [2.45, 2.75) is 18.9 Å². The molecular formula is C6H14OSi. The molecule has 0 saturated carbocycles. The van der Waals surface area contributed by atoms with Crippen molar-refractivity contribution < 1.29 is 4.74 Å². The van der Waals surface area contributed by atoms with Crippen LogP contribution in [0.3, 0.4) is 0 Å². The van der Waals surface area contributed by atoms with Gasteiger partial charge in [-0.1, -0.05) is 19.0 Å². The molecule has 0 bridgehead atoms. The van der Waals surface area contributed by atoms with E-state index in [1.807, 2.05) is 0 Å². The second kappa shape index (κ2) is 6.76. The van der Waals surface area contributed by atoms with E-state index in [1.54, 1.807) is 0 Å². The molecular weight excluding hydrogens is 116 g/mol. The second-order valence-corrected chi connectivity index (χ2v) is 2.74. The Bertz CT molecular complexity index is 54.5. The monoisotopic (exact) mass is 130 g/mol. The zero-order valence-corrected chi connectivity index (χ0v) is 7.52. The van der Waals surface area contributed by atoms with Gasteiger partial charge in [-0.25, -0.2) is 0 Å². The predicted octanol–water partition coefficient (Wildman–Crippen LogP) is 0.710. The molecule has 0 spiro atoms. The van der Waals surface area contributed by atoms with Crippen molar-refractivity contribution in [2.75, 3.05) is 6.61 Å². The van der Waals surface area contributed by atoms with Crippen molar-refractivity contribution in [3.63, 3.8) is 0 Å². The first-order valence-corrected chi connectivity index (χ1v) is 4.55. The Hall–Kier alpha value is -0.243. The fourth-order valence-corrected chi connectivity index (χ4v) is 1.02. The highest BCUT2D eigenvalue weighted by Gasteiger charge is 1.81. The predicted molar refractivity (Wildman–Crippen MR) is 40.1 cm³/mol. The molecule has 48 valence electrons. The zero-order valence-electron chi connectivity index (χ0n) is 5.52.